The Bertz CT molecular complexity index is 2490. The quantitative estimate of drug-likeness (QED) is 0.169. The highest BCUT2D eigenvalue weighted by Gasteiger charge is 2.19. The van der Waals surface area contributed by atoms with Crippen molar-refractivity contribution in [1.29, 1.82) is 0 Å². The predicted molar refractivity (Wildman–Crippen MR) is 220 cm³/mol. The fourth-order valence-corrected chi connectivity index (χ4v) is 7.51. The van der Waals surface area contributed by atoms with Gasteiger partial charge in [0.1, 0.15) is 0 Å². The third-order valence-corrected chi connectivity index (χ3v) is 10.3. The molecule has 2 N–H and O–H groups in total. The highest BCUT2D eigenvalue weighted by Crippen LogP contribution is 2.38. The summed E-state index contributed by atoms with van der Waals surface area (Å²) in [6.45, 7) is 0. The minimum Gasteiger partial charge on any atom is -0.354 e. The summed E-state index contributed by atoms with van der Waals surface area (Å²) in [5.41, 5.74) is 17.7. The van der Waals surface area contributed by atoms with Crippen LogP contribution < -0.4 is 0 Å². The molecule has 0 atom stereocenters. The van der Waals surface area contributed by atoms with Crippen LogP contribution in [0.1, 0.15) is 33.9 Å². The fourth-order valence-electron chi connectivity index (χ4n) is 7.15. The molecule has 0 radical (unpaired) electrons. The van der Waals surface area contributed by atoms with Crippen LogP contribution in [0.15, 0.2) is 133 Å². The van der Waals surface area contributed by atoms with Crippen molar-refractivity contribution in [2.75, 3.05) is 0 Å². The number of nitrogens with one attached hydrogen (secondary N) is 2. The smallest absolute Gasteiger partial charge is 0.0737 e. The van der Waals surface area contributed by atoms with Gasteiger partial charge < -0.3 is 9.97 Å². The summed E-state index contributed by atoms with van der Waals surface area (Å²) < 4.78 is 0. The maximum Gasteiger partial charge on any atom is 0.0737 e. The molecule has 4 nitrogen and oxygen atoms in total. The summed E-state index contributed by atoms with van der Waals surface area (Å²) in [6.07, 6.45) is 8.48. The average Bonchev–Trinajstić information content (AvgIpc) is 4.04. The summed E-state index contributed by atoms with van der Waals surface area (Å²) in [5.74, 6) is 0.904. The molecule has 52 heavy (non-hydrogen) atoms. The molecule has 2 aliphatic rings. The van der Waals surface area contributed by atoms with Crippen LogP contribution in [0.2, 0.25) is 0 Å². The molecule has 2 aliphatic heterocycles. The van der Waals surface area contributed by atoms with Crippen molar-refractivity contribution in [3.05, 3.63) is 167 Å². The molecular weight excluding hydrogens is 679 g/mol. The topological polar surface area (TPSA) is 57.4 Å². The van der Waals surface area contributed by atoms with Crippen molar-refractivity contribution in [1.82, 2.24) is 19.9 Å². The lowest BCUT2D eigenvalue weighted by Crippen LogP contribution is -1.90. The monoisotopic (exact) mass is 710 g/mol. The molecule has 6 heteroatoms. The molecule has 0 saturated carbocycles. The molecule has 0 spiro atoms. The Morgan fingerprint density at radius 1 is 0.346 bits per heavy atom. The second-order valence-corrected chi connectivity index (χ2v) is 13.4. The van der Waals surface area contributed by atoms with Gasteiger partial charge in [-0.25, -0.2) is 9.97 Å². The van der Waals surface area contributed by atoms with E-state index < -0.39 is 0 Å². The Kier molecular flexibility index (Phi) is 8.40. The molecule has 5 heterocycles. The van der Waals surface area contributed by atoms with Gasteiger partial charge in [-0.05, 0) is 82.0 Å². The normalized spacial score (nSPS) is 12.0. The number of nitrogens with zero attached hydrogens (tertiary/aromatic N) is 2. The highest BCUT2D eigenvalue weighted by atomic mass is 35.5. The fraction of sp³-hybridized carbons (Fsp3) is 0.0435. The van der Waals surface area contributed by atoms with Crippen molar-refractivity contribution < 1.29 is 0 Å². The summed E-state index contributed by atoms with van der Waals surface area (Å²) in [4.78, 5) is 18.4. The predicted octanol–water partition coefficient (Wildman–Crippen LogP) is 12.8. The van der Waals surface area contributed by atoms with E-state index in [-0.39, 0.29) is 0 Å². The van der Waals surface area contributed by atoms with Gasteiger partial charge in [-0.1, -0.05) is 109 Å². The first-order valence-electron chi connectivity index (χ1n) is 17.2. The minimum absolute atomic E-state index is 0.452. The minimum atomic E-state index is 0.452. The van der Waals surface area contributed by atoms with E-state index in [9.17, 15) is 0 Å². The van der Waals surface area contributed by atoms with Crippen LogP contribution in [0.25, 0.3) is 90.9 Å². The third-order valence-electron chi connectivity index (χ3n) is 9.67. The molecule has 3 aromatic heterocycles. The number of hydrogen-bond donors (Lipinski definition) is 2. The van der Waals surface area contributed by atoms with Gasteiger partial charge in [-0.2, -0.15) is 0 Å². The molecule has 0 amide bonds. The Hall–Kier alpha value is -5.94. The third kappa shape index (κ3) is 5.86. The largest absolute Gasteiger partial charge is 0.354 e. The van der Waals surface area contributed by atoms with Crippen LogP contribution in [0.5, 0.6) is 0 Å². The van der Waals surface area contributed by atoms with Crippen LogP contribution in [-0.4, -0.2) is 19.9 Å². The number of H-pyrrole nitrogens is 2. The number of hydrogen-bond acceptors (Lipinski definition) is 2. The van der Waals surface area contributed by atoms with Gasteiger partial charge in [0.05, 0.1) is 22.8 Å². The van der Waals surface area contributed by atoms with E-state index in [1.54, 1.807) is 0 Å². The zero-order valence-electron chi connectivity index (χ0n) is 28.1. The second kappa shape index (κ2) is 13.6. The Morgan fingerprint density at radius 3 is 0.923 bits per heavy atom. The lowest BCUT2D eigenvalue weighted by atomic mass is 10.0. The van der Waals surface area contributed by atoms with Gasteiger partial charge in [0.2, 0.25) is 0 Å². The number of alkyl halides is 2. The van der Waals surface area contributed by atoms with Gasteiger partial charge in [-0.15, -0.1) is 23.2 Å². The molecule has 0 unspecified atom stereocenters. The van der Waals surface area contributed by atoms with Crippen LogP contribution >= 0.6 is 23.2 Å². The summed E-state index contributed by atoms with van der Waals surface area (Å²) in [6, 6.07) is 46.3. The van der Waals surface area contributed by atoms with Crippen molar-refractivity contribution in [2.24, 2.45) is 0 Å². The number of aromatic amines is 2. The van der Waals surface area contributed by atoms with E-state index >= 15 is 0 Å². The first kappa shape index (κ1) is 32.0. The zero-order chi connectivity index (χ0) is 35.0. The lowest BCUT2D eigenvalue weighted by molar-refractivity contribution is 1.31. The Balaban J connectivity index is 1.45. The lowest BCUT2D eigenvalue weighted by Gasteiger charge is -2.07. The standard InChI is InChI=1S/C46H32Cl2N4/c47-27-29-11-15-33(16-12-29)45-39-23-21-37(50-39)43(31-7-3-1-4-8-31)35-19-20-36(49-35)44(32-9-5-2-6-10-32)38-22-24-40(51-38)46(42-26-25-41(45)52-42)34-17-13-30(28-48)14-18-34/h1-26,50-51H,27-28H2. The van der Waals surface area contributed by atoms with Crippen LogP contribution in [-0.2, 0) is 11.8 Å². The maximum atomic E-state index is 6.21. The maximum absolute atomic E-state index is 6.21. The van der Waals surface area contributed by atoms with Gasteiger partial charge >= 0.3 is 0 Å². The van der Waals surface area contributed by atoms with E-state index in [0.29, 0.717) is 11.8 Å². The molecule has 0 saturated heterocycles. The summed E-state index contributed by atoms with van der Waals surface area (Å²) in [5, 5.41) is 0. The number of halogens is 2. The van der Waals surface area contributed by atoms with Crippen LogP contribution in [0, 0.1) is 0 Å². The molecule has 0 fully saturated rings. The van der Waals surface area contributed by atoms with Gasteiger partial charge in [0, 0.05) is 56.1 Å². The summed E-state index contributed by atoms with van der Waals surface area (Å²) >= 11 is 12.4. The number of fused-ring (bicyclic) bond motifs is 8. The van der Waals surface area contributed by atoms with Crippen LogP contribution in [0.3, 0.4) is 0 Å². The van der Waals surface area contributed by atoms with Crippen LogP contribution in [0.4, 0.5) is 0 Å². The number of aromatic nitrogens is 4. The van der Waals surface area contributed by atoms with E-state index in [1.165, 1.54) is 0 Å². The Labute approximate surface area is 311 Å². The van der Waals surface area contributed by atoms with Crippen molar-refractivity contribution in [2.45, 2.75) is 11.8 Å². The van der Waals surface area contributed by atoms with E-state index in [1.807, 2.05) is 12.1 Å². The highest BCUT2D eigenvalue weighted by molar-refractivity contribution is 6.17. The van der Waals surface area contributed by atoms with Crippen molar-refractivity contribution in [3.63, 3.8) is 0 Å². The van der Waals surface area contributed by atoms with Gasteiger partial charge in [0.25, 0.3) is 0 Å². The summed E-state index contributed by atoms with van der Waals surface area (Å²) in [7, 11) is 0. The van der Waals surface area contributed by atoms with Crippen molar-refractivity contribution >= 4 is 69.6 Å². The second-order valence-electron chi connectivity index (χ2n) is 12.9. The molecule has 4 aromatic carbocycles. The average molecular weight is 712 g/mol. The molecule has 9 rings (SSSR count). The SMILES string of the molecule is ClCc1ccc(-c2c3nc(c(-c4ccc(CCl)cc4)c4ccc([nH]4)c(-c4ccccc4)c4nc(c(-c5ccccc5)c5ccc2[nH]5)C=C4)C=C3)cc1. The molecule has 0 aliphatic carbocycles. The number of rotatable bonds is 6. The van der Waals surface area contributed by atoms with Gasteiger partial charge in [0.15, 0.2) is 0 Å². The molecule has 250 valence electrons. The zero-order valence-corrected chi connectivity index (χ0v) is 29.6. The van der Waals surface area contributed by atoms with E-state index in [4.69, 9.17) is 33.2 Å². The number of benzene rings is 4. The van der Waals surface area contributed by atoms with E-state index in [2.05, 4.69) is 156 Å². The molecule has 8 bridgehead atoms. The molecular formula is C46H32Cl2N4. The first-order chi connectivity index (χ1) is 25.7. The Morgan fingerprint density at radius 2 is 0.635 bits per heavy atom. The first-order valence-corrected chi connectivity index (χ1v) is 18.3. The van der Waals surface area contributed by atoms with Crippen molar-refractivity contribution in [3.8, 4) is 44.5 Å². The molecule has 7 aromatic rings. The van der Waals surface area contributed by atoms with Gasteiger partial charge in [-0.3, -0.25) is 0 Å². The van der Waals surface area contributed by atoms with E-state index in [0.717, 1.165) is 100 Å².